The summed E-state index contributed by atoms with van der Waals surface area (Å²) in [6, 6.07) is 18.3. The zero-order valence-corrected chi connectivity index (χ0v) is 28.9. The number of piperazine rings is 1. The molecule has 1 saturated carbocycles. The lowest BCUT2D eigenvalue weighted by atomic mass is 9.78. The third kappa shape index (κ3) is 9.87. The van der Waals surface area contributed by atoms with Crippen LogP contribution in [0.4, 0.5) is 26.3 Å². The average Bonchev–Trinajstić information content (AvgIpc) is 3.45. The zero-order chi connectivity index (χ0) is 36.9. The van der Waals surface area contributed by atoms with Crippen LogP contribution in [0.5, 0.6) is 11.5 Å². The van der Waals surface area contributed by atoms with Crippen LogP contribution in [-0.2, 0) is 24.4 Å². The van der Waals surface area contributed by atoms with Crippen molar-refractivity contribution in [1.82, 2.24) is 14.4 Å². The van der Waals surface area contributed by atoms with E-state index in [0.717, 1.165) is 79.2 Å². The number of ketones is 1. The standard InChI is InChI=1S/C39H44F6N4O3/c40-38(41,42)51-31-14-12-29(13-15-31)33-27-49(19-7-4-10-36(50)37(46)17-5-1-6-18-37)34-16-11-28(24-32(33)34)25-47-20-22-48(23-21-47)26-30-8-2-3-9-35(30)52-39(43,44)45/h2-3,8-9,11-16,24,27H,1,4-7,10,17-23,25-26,46H2. The predicted octanol–water partition coefficient (Wildman–Crippen LogP) is 8.82. The fraction of sp³-hybridized carbons (Fsp3) is 0.462. The van der Waals surface area contributed by atoms with E-state index in [4.69, 9.17) is 5.73 Å². The first-order valence-electron chi connectivity index (χ1n) is 17.8. The molecule has 7 nitrogen and oxygen atoms in total. The Kier molecular flexibility index (Phi) is 11.5. The van der Waals surface area contributed by atoms with Gasteiger partial charge in [-0.15, -0.1) is 26.3 Å². The number of nitrogens with two attached hydrogens (primary N) is 1. The van der Waals surface area contributed by atoms with Crippen LogP contribution in [0.3, 0.4) is 0 Å². The third-order valence-electron chi connectivity index (χ3n) is 10.2. The summed E-state index contributed by atoms with van der Waals surface area (Å²) >= 11 is 0. The quantitative estimate of drug-likeness (QED) is 0.110. The van der Waals surface area contributed by atoms with Crippen LogP contribution in [0, 0.1) is 0 Å². The molecule has 0 bridgehead atoms. The van der Waals surface area contributed by atoms with Crippen LogP contribution in [-0.4, -0.2) is 64.6 Å². The average molecular weight is 731 g/mol. The molecule has 2 heterocycles. The molecular formula is C39H44F6N4O3. The van der Waals surface area contributed by atoms with E-state index in [0.29, 0.717) is 51.1 Å². The second-order valence-corrected chi connectivity index (χ2v) is 14.0. The lowest BCUT2D eigenvalue weighted by Gasteiger charge is -2.35. The molecular weight excluding hydrogens is 686 g/mol. The van der Waals surface area contributed by atoms with Crippen molar-refractivity contribution in [3.8, 4) is 22.6 Å². The van der Waals surface area contributed by atoms with Crippen LogP contribution in [0.15, 0.2) is 72.9 Å². The largest absolute Gasteiger partial charge is 0.573 e. The molecule has 0 amide bonds. The molecule has 2 aliphatic rings. The molecule has 3 aromatic carbocycles. The predicted molar refractivity (Wildman–Crippen MR) is 187 cm³/mol. The molecule has 2 fully saturated rings. The topological polar surface area (TPSA) is 73.0 Å². The molecule has 1 saturated heterocycles. The lowest BCUT2D eigenvalue weighted by Crippen LogP contribution is -2.49. The smallest absolute Gasteiger partial charge is 0.406 e. The number of fused-ring (bicyclic) bond motifs is 1. The number of ether oxygens (including phenoxy) is 2. The third-order valence-corrected chi connectivity index (χ3v) is 10.2. The van der Waals surface area contributed by atoms with E-state index in [9.17, 15) is 31.1 Å². The van der Waals surface area contributed by atoms with Gasteiger partial charge < -0.3 is 19.8 Å². The van der Waals surface area contributed by atoms with Crippen molar-refractivity contribution in [3.05, 3.63) is 84.1 Å². The highest BCUT2D eigenvalue weighted by Gasteiger charge is 2.35. The number of rotatable bonds is 13. The van der Waals surface area contributed by atoms with Crippen molar-refractivity contribution in [1.29, 1.82) is 0 Å². The summed E-state index contributed by atoms with van der Waals surface area (Å²) in [5.74, 6) is -0.346. The first kappa shape index (κ1) is 37.7. The van der Waals surface area contributed by atoms with Crippen LogP contribution in [0.25, 0.3) is 22.0 Å². The van der Waals surface area contributed by atoms with E-state index in [1.165, 1.54) is 24.3 Å². The van der Waals surface area contributed by atoms with Gasteiger partial charge in [0, 0.05) is 80.5 Å². The summed E-state index contributed by atoms with van der Waals surface area (Å²) in [5.41, 5.74) is 9.90. The Labute approximate surface area is 299 Å². The summed E-state index contributed by atoms with van der Waals surface area (Å²) in [5, 5.41) is 0.959. The summed E-state index contributed by atoms with van der Waals surface area (Å²) in [6.07, 6.45) is -1.03. The molecule has 0 atom stereocenters. The highest BCUT2D eigenvalue weighted by Crippen LogP contribution is 2.35. The second-order valence-electron chi connectivity index (χ2n) is 14.0. The molecule has 6 rings (SSSR count). The van der Waals surface area contributed by atoms with E-state index in [2.05, 4.69) is 42.0 Å². The number of aromatic nitrogens is 1. The Hall–Kier alpha value is -4.07. The van der Waals surface area contributed by atoms with Crippen molar-refractivity contribution in [2.45, 2.75) is 89.3 Å². The molecule has 52 heavy (non-hydrogen) atoms. The van der Waals surface area contributed by atoms with Crippen LogP contribution >= 0.6 is 0 Å². The highest BCUT2D eigenvalue weighted by atomic mass is 19.4. The molecule has 0 radical (unpaired) electrons. The summed E-state index contributed by atoms with van der Waals surface area (Å²) in [7, 11) is 0. The maximum atomic E-state index is 12.9. The van der Waals surface area contributed by atoms with Crippen LogP contribution in [0.1, 0.15) is 62.5 Å². The Balaban J connectivity index is 1.14. The second kappa shape index (κ2) is 15.9. The van der Waals surface area contributed by atoms with Crippen LogP contribution < -0.4 is 15.2 Å². The highest BCUT2D eigenvalue weighted by molar-refractivity contribution is 5.96. The number of hydrogen-bond donors (Lipinski definition) is 1. The molecule has 2 N–H and O–H groups in total. The fourth-order valence-electron chi connectivity index (χ4n) is 7.44. The summed E-state index contributed by atoms with van der Waals surface area (Å²) in [6.45, 7) is 4.44. The number of benzene rings is 3. The first-order chi connectivity index (χ1) is 24.7. The van der Waals surface area contributed by atoms with Crippen molar-refractivity contribution >= 4 is 16.7 Å². The molecule has 1 aromatic heterocycles. The number of para-hydroxylation sites is 1. The van der Waals surface area contributed by atoms with Crippen molar-refractivity contribution < 1.29 is 40.6 Å². The SMILES string of the molecule is NC1(C(=O)CCCCn2cc(-c3ccc(OC(F)(F)F)cc3)c3cc(CN4CCN(Cc5ccccc5OC(F)(F)F)CC4)ccc32)CCCCC1. The molecule has 280 valence electrons. The van der Waals surface area contributed by atoms with Gasteiger partial charge in [-0.1, -0.05) is 55.7 Å². The summed E-state index contributed by atoms with van der Waals surface area (Å²) in [4.78, 5) is 17.4. The minimum Gasteiger partial charge on any atom is -0.406 e. The molecule has 0 unspecified atom stereocenters. The number of aryl methyl sites for hydroxylation is 1. The van der Waals surface area contributed by atoms with Gasteiger partial charge in [0.05, 0.1) is 5.54 Å². The number of Topliss-reactive ketones (excluding diaryl/α,β-unsaturated/α-hetero) is 1. The van der Waals surface area contributed by atoms with Gasteiger partial charge >= 0.3 is 12.7 Å². The number of nitrogens with zero attached hydrogens (tertiary/aromatic N) is 3. The van der Waals surface area contributed by atoms with E-state index in [1.54, 1.807) is 24.3 Å². The number of alkyl halides is 6. The van der Waals surface area contributed by atoms with Gasteiger partial charge in [0.25, 0.3) is 0 Å². The minimum absolute atomic E-state index is 0.136. The minimum atomic E-state index is -4.79. The molecule has 1 aliphatic carbocycles. The molecule has 13 heteroatoms. The van der Waals surface area contributed by atoms with Gasteiger partial charge in [-0.3, -0.25) is 14.6 Å². The van der Waals surface area contributed by atoms with Gasteiger partial charge in [-0.2, -0.15) is 0 Å². The maximum absolute atomic E-state index is 12.9. The van der Waals surface area contributed by atoms with E-state index >= 15 is 0 Å². The number of carbonyl (C=O) groups is 1. The number of carbonyl (C=O) groups excluding carboxylic acids is 1. The molecule has 0 spiro atoms. The molecule has 1 aliphatic heterocycles. The van der Waals surface area contributed by atoms with Crippen molar-refractivity contribution in [2.24, 2.45) is 5.73 Å². The summed E-state index contributed by atoms with van der Waals surface area (Å²) < 4.78 is 87.7. The van der Waals surface area contributed by atoms with E-state index in [1.807, 2.05) is 6.20 Å². The Morgan fingerprint density at radius 2 is 1.42 bits per heavy atom. The van der Waals surface area contributed by atoms with Gasteiger partial charge in [0.2, 0.25) is 0 Å². The Morgan fingerprint density at radius 3 is 2.10 bits per heavy atom. The zero-order valence-electron chi connectivity index (χ0n) is 28.9. The normalized spacial score (nSPS) is 17.4. The molecule has 4 aromatic rings. The van der Waals surface area contributed by atoms with Crippen molar-refractivity contribution in [3.63, 3.8) is 0 Å². The van der Waals surface area contributed by atoms with E-state index in [-0.39, 0.29) is 17.3 Å². The Morgan fingerprint density at radius 1 is 0.769 bits per heavy atom. The van der Waals surface area contributed by atoms with Gasteiger partial charge in [-0.05, 0) is 67.1 Å². The van der Waals surface area contributed by atoms with Crippen LogP contribution in [0.2, 0.25) is 0 Å². The number of unbranched alkanes of at least 4 members (excludes halogenated alkanes) is 1. The van der Waals surface area contributed by atoms with Gasteiger partial charge in [0.1, 0.15) is 11.5 Å². The van der Waals surface area contributed by atoms with E-state index < -0.39 is 18.3 Å². The lowest BCUT2D eigenvalue weighted by molar-refractivity contribution is -0.275. The van der Waals surface area contributed by atoms with Gasteiger partial charge in [0.15, 0.2) is 5.78 Å². The fourth-order valence-corrected chi connectivity index (χ4v) is 7.44. The van der Waals surface area contributed by atoms with Crippen molar-refractivity contribution in [2.75, 3.05) is 26.2 Å². The first-order valence-corrected chi connectivity index (χ1v) is 17.8. The Bertz CT molecular complexity index is 1810. The maximum Gasteiger partial charge on any atom is 0.573 e. The number of halogens is 6. The van der Waals surface area contributed by atoms with Gasteiger partial charge in [-0.25, -0.2) is 0 Å². The monoisotopic (exact) mass is 730 g/mol. The number of hydrogen-bond acceptors (Lipinski definition) is 6.